The summed E-state index contributed by atoms with van der Waals surface area (Å²) in [7, 11) is 1.27. The van der Waals surface area contributed by atoms with Gasteiger partial charge in [-0.25, -0.2) is 4.79 Å². The van der Waals surface area contributed by atoms with Crippen molar-refractivity contribution in [3.63, 3.8) is 0 Å². The van der Waals surface area contributed by atoms with Crippen molar-refractivity contribution in [2.24, 2.45) is 0 Å². The number of nitrogens with zero attached hydrogens (tertiary/aromatic N) is 2. The van der Waals surface area contributed by atoms with Gasteiger partial charge in [-0.2, -0.15) is 0 Å². The van der Waals surface area contributed by atoms with Gasteiger partial charge in [0.1, 0.15) is 6.54 Å². The summed E-state index contributed by atoms with van der Waals surface area (Å²) >= 11 is 0. The Bertz CT molecular complexity index is 889. The molecule has 1 fully saturated rings. The summed E-state index contributed by atoms with van der Waals surface area (Å²) < 4.78 is 4.78. The van der Waals surface area contributed by atoms with E-state index in [4.69, 9.17) is 4.74 Å². The lowest BCUT2D eigenvalue weighted by molar-refractivity contribution is -0.120. The second kappa shape index (κ2) is 9.23. The summed E-state index contributed by atoms with van der Waals surface area (Å²) in [6.07, 6.45) is 2.40. The molecule has 1 N–H and O–H groups in total. The number of nitrogens with one attached hydrogen (secondary N) is 1. The van der Waals surface area contributed by atoms with Crippen LogP contribution in [0.3, 0.4) is 0 Å². The average molecular weight is 395 g/mol. The molecule has 7 heteroatoms. The minimum Gasteiger partial charge on any atom is -0.465 e. The molecule has 2 aromatic carbocycles. The van der Waals surface area contributed by atoms with Gasteiger partial charge >= 0.3 is 5.97 Å². The number of rotatable bonds is 6. The van der Waals surface area contributed by atoms with Crippen molar-refractivity contribution < 1.29 is 19.1 Å². The van der Waals surface area contributed by atoms with Gasteiger partial charge in [-0.3, -0.25) is 9.59 Å². The topological polar surface area (TPSA) is 79.0 Å². The number of hydrogen-bond acceptors (Lipinski definition) is 5. The zero-order valence-electron chi connectivity index (χ0n) is 16.7. The highest BCUT2D eigenvalue weighted by molar-refractivity contribution is 6.06. The minimum absolute atomic E-state index is 0.211. The summed E-state index contributed by atoms with van der Waals surface area (Å²) in [5.74, 6) is -1.26. The molecule has 1 aliphatic rings. The smallest absolute Gasteiger partial charge is 0.339 e. The predicted molar refractivity (Wildman–Crippen MR) is 112 cm³/mol. The third-order valence-electron chi connectivity index (χ3n) is 4.90. The quantitative estimate of drug-likeness (QED) is 0.761. The van der Waals surface area contributed by atoms with Crippen molar-refractivity contribution in [2.75, 3.05) is 41.9 Å². The Morgan fingerprint density at radius 2 is 1.69 bits per heavy atom. The molecule has 0 bridgehead atoms. The number of benzene rings is 2. The van der Waals surface area contributed by atoms with E-state index in [0.717, 1.165) is 18.8 Å². The maximum absolute atomic E-state index is 12.6. The van der Waals surface area contributed by atoms with Crippen LogP contribution in [-0.4, -0.2) is 44.5 Å². The Morgan fingerprint density at radius 1 is 1.03 bits per heavy atom. The number of anilines is 3. The number of amides is 2. The fourth-order valence-electron chi connectivity index (χ4n) is 3.43. The third kappa shape index (κ3) is 4.93. The van der Waals surface area contributed by atoms with Gasteiger partial charge in [0.05, 0.1) is 18.4 Å². The van der Waals surface area contributed by atoms with E-state index in [1.165, 1.54) is 31.8 Å². The van der Waals surface area contributed by atoms with Crippen molar-refractivity contribution in [1.82, 2.24) is 0 Å². The summed E-state index contributed by atoms with van der Waals surface area (Å²) in [6.45, 7) is 3.25. The lowest BCUT2D eigenvalue weighted by atomic mass is 10.1. The van der Waals surface area contributed by atoms with Crippen molar-refractivity contribution in [3.8, 4) is 0 Å². The standard InChI is InChI=1S/C22H25N3O4/c1-16(26)25(20-8-4-3-7-19(20)22(28)29-2)15-21(27)23-17-9-11-18(12-10-17)24-13-5-6-14-24/h3-4,7-12H,5-6,13-15H2,1-2H3,(H,23,27). The normalized spacial score (nSPS) is 13.1. The molecular formula is C22H25N3O4. The van der Waals surface area contributed by atoms with Gasteiger partial charge in [0, 0.05) is 31.4 Å². The summed E-state index contributed by atoms with van der Waals surface area (Å²) in [5.41, 5.74) is 2.36. The Labute approximate surface area is 170 Å². The van der Waals surface area contributed by atoms with Crippen LogP contribution in [0.5, 0.6) is 0 Å². The van der Waals surface area contributed by atoms with Crippen molar-refractivity contribution in [3.05, 3.63) is 54.1 Å². The van der Waals surface area contributed by atoms with E-state index in [-0.39, 0.29) is 23.9 Å². The number of esters is 1. The predicted octanol–water partition coefficient (Wildman–Crippen LogP) is 3.07. The first-order valence-corrected chi connectivity index (χ1v) is 9.60. The van der Waals surface area contributed by atoms with E-state index in [1.807, 2.05) is 24.3 Å². The molecule has 0 aromatic heterocycles. The summed E-state index contributed by atoms with van der Waals surface area (Å²) in [4.78, 5) is 40.3. The van der Waals surface area contributed by atoms with Crippen LogP contribution in [0.15, 0.2) is 48.5 Å². The fourth-order valence-corrected chi connectivity index (χ4v) is 3.43. The number of carbonyl (C=O) groups is 3. The highest BCUT2D eigenvalue weighted by Gasteiger charge is 2.22. The molecule has 0 saturated carbocycles. The van der Waals surface area contributed by atoms with Crippen LogP contribution in [0.4, 0.5) is 17.1 Å². The summed E-state index contributed by atoms with van der Waals surface area (Å²) in [5, 5.41) is 2.81. The Kier molecular flexibility index (Phi) is 6.49. The minimum atomic E-state index is -0.565. The molecule has 152 valence electrons. The first kappa shape index (κ1) is 20.4. The highest BCUT2D eigenvalue weighted by Crippen LogP contribution is 2.23. The van der Waals surface area contributed by atoms with E-state index in [2.05, 4.69) is 10.2 Å². The first-order chi connectivity index (χ1) is 14.0. The van der Waals surface area contributed by atoms with Crippen molar-refractivity contribution >= 4 is 34.8 Å². The zero-order valence-corrected chi connectivity index (χ0v) is 16.7. The van der Waals surface area contributed by atoms with E-state index in [0.29, 0.717) is 11.4 Å². The number of carbonyl (C=O) groups excluding carboxylic acids is 3. The molecule has 1 saturated heterocycles. The van der Waals surface area contributed by atoms with Crippen molar-refractivity contribution in [2.45, 2.75) is 19.8 Å². The monoisotopic (exact) mass is 395 g/mol. The molecule has 2 amide bonds. The molecule has 7 nitrogen and oxygen atoms in total. The molecule has 0 radical (unpaired) electrons. The Balaban J connectivity index is 1.71. The average Bonchev–Trinajstić information content (AvgIpc) is 3.26. The van der Waals surface area contributed by atoms with Crippen LogP contribution in [-0.2, 0) is 14.3 Å². The maximum Gasteiger partial charge on any atom is 0.339 e. The number of ether oxygens (including phenoxy) is 1. The fraction of sp³-hybridized carbons (Fsp3) is 0.318. The Hall–Kier alpha value is -3.35. The van der Waals surface area contributed by atoms with Gasteiger partial charge in [0.15, 0.2) is 0 Å². The molecule has 3 rings (SSSR count). The van der Waals surface area contributed by atoms with Crippen LogP contribution in [0.25, 0.3) is 0 Å². The maximum atomic E-state index is 12.6. The second-order valence-corrected chi connectivity index (χ2v) is 6.90. The van der Waals surface area contributed by atoms with Crippen molar-refractivity contribution in [1.29, 1.82) is 0 Å². The van der Waals surface area contributed by atoms with E-state index >= 15 is 0 Å². The van der Waals surface area contributed by atoms with Gasteiger partial charge in [-0.15, -0.1) is 0 Å². The molecule has 0 spiro atoms. The number of para-hydroxylation sites is 1. The molecule has 0 atom stereocenters. The molecule has 29 heavy (non-hydrogen) atoms. The Morgan fingerprint density at radius 3 is 2.31 bits per heavy atom. The molecule has 1 aliphatic heterocycles. The summed E-state index contributed by atoms with van der Waals surface area (Å²) in [6, 6.07) is 14.2. The molecule has 1 heterocycles. The van der Waals surface area contributed by atoms with Crippen LogP contribution in [0, 0.1) is 0 Å². The van der Waals surface area contributed by atoms with Crippen LogP contribution in [0.1, 0.15) is 30.1 Å². The lowest BCUT2D eigenvalue weighted by Gasteiger charge is -2.23. The van der Waals surface area contributed by atoms with Gasteiger partial charge in [-0.05, 0) is 49.2 Å². The molecule has 0 aliphatic carbocycles. The third-order valence-corrected chi connectivity index (χ3v) is 4.90. The van der Waals surface area contributed by atoms with E-state index < -0.39 is 5.97 Å². The largest absolute Gasteiger partial charge is 0.465 e. The SMILES string of the molecule is COC(=O)c1ccccc1N(CC(=O)Nc1ccc(N2CCCC2)cc1)C(C)=O. The van der Waals surface area contributed by atoms with Crippen LogP contribution >= 0.6 is 0 Å². The lowest BCUT2D eigenvalue weighted by Crippen LogP contribution is -2.37. The van der Waals surface area contributed by atoms with Gasteiger partial charge in [0.25, 0.3) is 0 Å². The number of methoxy groups -OCH3 is 1. The first-order valence-electron chi connectivity index (χ1n) is 9.60. The second-order valence-electron chi connectivity index (χ2n) is 6.90. The van der Waals surface area contributed by atoms with Crippen LogP contribution in [0.2, 0.25) is 0 Å². The van der Waals surface area contributed by atoms with E-state index in [9.17, 15) is 14.4 Å². The van der Waals surface area contributed by atoms with E-state index in [1.54, 1.807) is 24.3 Å². The molecule has 0 unspecified atom stereocenters. The number of hydrogen-bond donors (Lipinski definition) is 1. The van der Waals surface area contributed by atoms with Gasteiger partial charge in [-0.1, -0.05) is 12.1 Å². The molecule has 2 aromatic rings. The zero-order chi connectivity index (χ0) is 20.8. The highest BCUT2D eigenvalue weighted by atomic mass is 16.5. The van der Waals surface area contributed by atoms with Gasteiger partial charge < -0.3 is 19.9 Å². The van der Waals surface area contributed by atoms with Crippen LogP contribution < -0.4 is 15.1 Å². The van der Waals surface area contributed by atoms with Gasteiger partial charge in [0.2, 0.25) is 11.8 Å². The molecular weight excluding hydrogens is 370 g/mol.